The van der Waals surface area contributed by atoms with Gasteiger partial charge < -0.3 is 9.47 Å². The van der Waals surface area contributed by atoms with Gasteiger partial charge in [0.15, 0.2) is 0 Å². The number of nitrogens with zero attached hydrogens (tertiary/aromatic N) is 3. The summed E-state index contributed by atoms with van der Waals surface area (Å²) in [5.74, 6) is -0.600. The molecule has 3 rings (SSSR count). The van der Waals surface area contributed by atoms with E-state index in [-0.39, 0.29) is 31.1 Å². The van der Waals surface area contributed by atoms with Crippen LogP contribution in [0.3, 0.4) is 0 Å². The number of pyridine rings is 1. The summed E-state index contributed by atoms with van der Waals surface area (Å²) < 4.78 is 66.7. The maximum Gasteiger partial charge on any atom is 0.417 e. The first kappa shape index (κ1) is 24.3. The summed E-state index contributed by atoms with van der Waals surface area (Å²) in [5, 5.41) is -0.640. The van der Waals surface area contributed by atoms with Gasteiger partial charge in [0.1, 0.15) is 11.6 Å². The fraction of sp³-hybridized carbons (Fsp3) is 0.400. The van der Waals surface area contributed by atoms with Crippen LogP contribution in [-0.2, 0) is 27.5 Å². The lowest BCUT2D eigenvalue weighted by molar-refractivity contribution is -0.138. The van der Waals surface area contributed by atoms with Crippen LogP contribution in [0, 0.1) is 6.92 Å². The number of aromatic nitrogens is 1. The van der Waals surface area contributed by atoms with Gasteiger partial charge in [-0.3, -0.25) is 9.59 Å². The molecule has 1 aliphatic heterocycles. The molecule has 12 heteroatoms. The Kier molecular flexibility index (Phi) is 7.01. The van der Waals surface area contributed by atoms with Crippen LogP contribution in [0.4, 0.5) is 13.2 Å². The first-order valence-electron chi connectivity index (χ1n) is 9.71. The van der Waals surface area contributed by atoms with E-state index in [1.54, 1.807) is 12.1 Å². The number of alkyl halides is 3. The number of benzene rings is 1. The van der Waals surface area contributed by atoms with Gasteiger partial charge in [0.25, 0.3) is 5.56 Å². The maximum atomic E-state index is 13.0. The molecule has 0 atom stereocenters. The van der Waals surface area contributed by atoms with Gasteiger partial charge in [-0.15, -0.1) is 0 Å². The van der Waals surface area contributed by atoms with Crippen molar-refractivity contribution in [2.45, 2.75) is 31.0 Å². The Morgan fingerprint density at radius 2 is 1.75 bits per heavy atom. The van der Waals surface area contributed by atoms with E-state index in [9.17, 15) is 31.2 Å². The van der Waals surface area contributed by atoms with Gasteiger partial charge in [-0.25, -0.2) is 8.42 Å². The second-order valence-corrected chi connectivity index (χ2v) is 9.80. The molecule has 2 aromatic rings. The molecule has 1 aliphatic rings. The van der Waals surface area contributed by atoms with Gasteiger partial charge in [-0.2, -0.15) is 17.5 Å². The molecule has 32 heavy (non-hydrogen) atoms. The second kappa shape index (κ2) is 9.24. The number of sulfonamides is 1. The predicted octanol–water partition coefficient (Wildman–Crippen LogP) is 2.75. The summed E-state index contributed by atoms with van der Waals surface area (Å²) in [6.07, 6.45) is -3.83. The molecule has 0 radical (unpaired) electrons. The van der Waals surface area contributed by atoms with Gasteiger partial charge in [-0.1, -0.05) is 29.3 Å². The lowest BCUT2D eigenvalue weighted by Crippen LogP contribution is -2.40. The number of halogens is 4. The summed E-state index contributed by atoms with van der Waals surface area (Å²) in [6.45, 7) is 1.68. The third kappa shape index (κ3) is 5.33. The predicted molar refractivity (Wildman–Crippen MR) is 112 cm³/mol. The molecule has 1 fully saturated rings. The molecule has 2 heterocycles. The number of hydrogen-bond acceptors (Lipinski definition) is 4. The highest BCUT2D eigenvalue weighted by Gasteiger charge is 2.33. The van der Waals surface area contributed by atoms with Gasteiger partial charge in [0, 0.05) is 32.4 Å². The van der Waals surface area contributed by atoms with Crippen LogP contribution in [-0.4, -0.2) is 54.3 Å². The molecule has 0 bridgehead atoms. The Morgan fingerprint density at radius 3 is 2.38 bits per heavy atom. The van der Waals surface area contributed by atoms with Crippen LogP contribution in [0.25, 0.3) is 0 Å². The third-order valence-corrected chi connectivity index (χ3v) is 7.33. The van der Waals surface area contributed by atoms with Crippen molar-refractivity contribution in [1.29, 1.82) is 0 Å². The molecule has 0 N–H and O–H groups in total. The average Bonchev–Trinajstić information content (AvgIpc) is 2.97. The largest absolute Gasteiger partial charge is 0.417 e. The standard InChI is InChI=1S/C20H21ClF3N3O4S/c1-14-3-5-16(6-4-14)32(30,31)27-8-2-7-25(9-10-27)18(28)13-26-12-15(20(22,23)24)11-17(21)19(26)29/h3-6,11-12H,2,7-10,13H2,1H3. The number of carbonyl (C=O) groups is 1. The first-order valence-corrected chi connectivity index (χ1v) is 11.5. The van der Waals surface area contributed by atoms with Gasteiger partial charge in [0.05, 0.1) is 10.5 Å². The van der Waals surface area contributed by atoms with Crippen molar-refractivity contribution in [3.63, 3.8) is 0 Å². The molecule has 1 aromatic heterocycles. The fourth-order valence-electron chi connectivity index (χ4n) is 3.36. The van der Waals surface area contributed by atoms with Crippen LogP contribution >= 0.6 is 11.6 Å². The van der Waals surface area contributed by atoms with E-state index >= 15 is 0 Å². The van der Waals surface area contributed by atoms with Crippen LogP contribution in [0.1, 0.15) is 17.5 Å². The van der Waals surface area contributed by atoms with Gasteiger partial charge in [0.2, 0.25) is 15.9 Å². The molecule has 1 saturated heterocycles. The highest BCUT2D eigenvalue weighted by molar-refractivity contribution is 7.89. The van der Waals surface area contributed by atoms with Crippen molar-refractivity contribution in [3.05, 3.63) is 63.0 Å². The first-order chi connectivity index (χ1) is 14.9. The molecule has 174 valence electrons. The second-order valence-electron chi connectivity index (χ2n) is 7.46. The number of amides is 1. The minimum atomic E-state index is -4.73. The normalized spacial score (nSPS) is 16.1. The number of hydrogen-bond donors (Lipinski definition) is 0. The summed E-state index contributed by atoms with van der Waals surface area (Å²) in [7, 11) is -3.75. The molecule has 0 unspecified atom stereocenters. The van der Waals surface area contributed by atoms with E-state index in [1.165, 1.54) is 21.3 Å². The Hall–Kier alpha value is -2.37. The number of aryl methyl sites for hydroxylation is 1. The summed E-state index contributed by atoms with van der Waals surface area (Å²) in [4.78, 5) is 26.3. The van der Waals surface area contributed by atoms with Crippen molar-refractivity contribution >= 4 is 27.5 Å². The molecule has 0 saturated carbocycles. The lowest BCUT2D eigenvalue weighted by atomic mass is 10.2. The van der Waals surface area contributed by atoms with Crippen molar-refractivity contribution in [1.82, 2.24) is 13.8 Å². The van der Waals surface area contributed by atoms with E-state index in [0.717, 1.165) is 5.56 Å². The Balaban J connectivity index is 1.73. The molecular formula is C20H21ClF3N3O4S. The van der Waals surface area contributed by atoms with Crippen LogP contribution in [0.5, 0.6) is 0 Å². The Labute approximate surface area is 188 Å². The minimum Gasteiger partial charge on any atom is -0.340 e. The average molecular weight is 492 g/mol. The highest BCUT2D eigenvalue weighted by atomic mass is 35.5. The molecule has 1 aromatic carbocycles. The number of rotatable bonds is 4. The maximum absolute atomic E-state index is 13.0. The Bertz CT molecular complexity index is 1160. The lowest BCUT2D eigenvalue weighted by Gasteiger charge is -2.22. The van der Waals surface area contributed by atoms with E-state index in [2.05, 4.69) is 0 Å². The van der Waals surface area contributed by atoms with Crippen LogP contribution < -0.4 is 5.56 Å². The van der Waals surface area contributed by atoms with E-state index in [1.807, 2.05) is 6.92 Å². The third-order valence-electron chi connectivity index (χ3n) is 5.14. The van der Waals surface area contributed by atoms with Crippen LogP contribution in [0.15, 0.2) is 46.2 Å². The quantitative estimate of drug-likeness (QED) is 0.659. The zero-order valence-corrected chi connectivity index (χ0v) is 18.7. The monoisotopic (exact) mass is 491 g/mol. The van der Waals surface area contributed by atoms with Crippen molar-refractivity contribution in [2.24, 2.45) is 0 Å². The van der Waals surface area contributed by atoms with E-state index in [4.69, 9.17) is 11.6 Å². The molecule has 0 aliphatic carbocycles. The summed E-state index contributed by atoms with van der Waals surface area (Å²) in [5.41, 5.74) is -1.13. The Morgan fingerprint density at radius 1 is 1.09 bits per heavy atom. The topological polar surface area (TPSA) is 79.7 Å². The van der Waals surface area contributed by atoms with Gasteiger partial charge >= 0.3 is 6.18 Å². The molecule has 1 amide bonds. The van der Waals surface area contributed by atoms with Gasteiger partial charge in [-0.05, 0) is 31.5 Å². The van der Waals surface area contributed by atoms with Crippen molar-refractivity contribution < 1.29 is 26.4 Å². The van der Waals surface area contributed by atoms with E-state index in [0.29, 0.717) is 23.3 Å². The molecular weight excluding hydrogens is 471 g/mol. The fourth-order valence-corrected chi connectivity index (χ4v) is 5.06. The van der Waals surface area contributed by atoms with Crippen molar-refractivity contribution in [2.75, 3.05) is 26.2 Å². The SMILES string of the molecule is Cc1ccc(S(=O)(=O)N2CCCN(C(=O)Cn3cc(C(F)(F)F)cc(Cl)c3=O)CC2)cc1. The summed E-state index contributed by atoms with van der Waals surface area (Å²) in [6, 6.07) is 6.94. The van der Waals surface area contributed by atoms with E-state index < -0.39 is 44.8 Å². The molecule has 7 nitrogen and oxygen atoms in total. The highest BCUT2D eigenvalue weighted by Crippen LogP contribution is 2.29. The number of carbonyl (C=O) groups excluding carboxylic acids is 1. The summed E-state index contributed by atoms with van der Waals surface area (Å²) >= 11 is 5.63. The smallest absolute Gasteiger partial charge is 0.340 e. The van der Waals surface area contributed by atoms with Crippen molar-refractivity contribution in [3.8, 4) is 0 Å². The zero-order chi connectivity index (χ0) is 23.7. The van der Waals surface area contributed by atoms with Crippen LogP contribution in [0.2, 0.25) is 5.02 Å². The minimum absolute atomic E-state index is 0.0280. The molecule has 0 spiro atoms. The zero-order valence-electron chi connectivity index (χ0n) is 17.1.